The number of nitrogens with two attached hydrogens (primary N) is 1. The Morgan fingerprint density at radius 3 is 2.88 bits per heavy atom. The fourth-order valence-electron chi connectivity index (χ4n) is 2.12. The molecule has 0 atom stereocenters. The quantitative estimate of drug-likeness (QED) is 0.580. The number of rotatable bonds is 3. The highest BCUT2D eigenvalue weighted by molar-refractivity contribution is 7.17. The van der Waals surface area contributed by atoms with Crippen LogP contribution >= 0.6 is 11.3 Å². The number of nitrogens with one attached hydrogen (secondary N) is 1. The van der Waals surface area contributed by atoms with Gasteiger partial charge in [0.05, 0.1) is 34.4 Å². The molecule has 0 unspecified atom stereocenters. The van der Waals surface area contributed by atoms with Crippen molar-refractivity contribution in [2.45, 2.75) is 0 Å². The van der Waals surface area contributed by atoms with Crippen LogP contribution in [0.4, 0.5) is 11.8 Å². The van der Waals surface area contributed by atoms with E-state index in [1.54, 1.807) is 42.2 Å². The number of anilines is 2. The maximum Gasteiger partial charge on any atom is 0.259 e. The first-order chi connectivity index (χ1) is 11.7. The molecule has 0 aliphatic rings. The molecule has 4 rings (SSSR count). The van der Waals surface area contributed by atoms with Crippen LogP contribution in [0.1, 0.15) is 10.4 Å². The lowest BCUT2D eigenvalue weighted by Gasteiger charge is -2.05. The highest BCUT2D eigenvalue weighted by atomic mass is 32.1. The molecule has 9 nitrogen and oxygen atoms in total. The summed E-state index contributed by atoms with van der Waals surface area (Å²) in [6.07, 6.45) is 4.70. The lowest BCUT2D eigenvalue weighted by molar-refractivity contribution is 0.102. The summed E-state index contributed by atoms with van der Waals surface area (Å²) in [5.74, 6) is 0.688. The molecular formula is C14H10N8OS. The van der Waals surface area contributed by atoms with Crippen molar-refractivity contribution in [3.05, 3.63) is 47.7 Å². The molecule has 0 fully saturated rings. The molecular weight excluding hydrogens is 328 g/mol. The highest BCUT2D eigenvalue weighted by Gasteiger charge is 2.15. The van der Waals surface area contributed by atoms with Crippen molar-refractivity contribution in [3.63, 3.8) is 0 Å². The fourth-order valence-corrected chi connectivity index (χ4v) is 2.97. The van der Waals surface area contributed by atoms with Gasteiger partial charge in [-0.1, -0.05) is 6.07 Å². The van der Waals surface area contributed by atoms with Crippen molar-refractivity contribution in [3.8, 4) is 5.82 Å². The Bertz CT molecular complexity index is 1030. The van der Waals surface area contributed by atoms with Gasteiger partial charge in [0.2, 0.25) is 5.95 Å². The van der Waals surface area contributed by atoms with E-state index in [2.05, 4.69) is 30.5 Å². The summed E-state index contributed by atoms with van der Waals surface area (Å²) in [6, 6.07) is 5.18. The van der Waals surface area contributed by atoms with Gasteiger partial charge in [-0.3, -0.25) is 4.79 Å². The molecule has 0 saturated carbocycles. The van der Waals surface area contributed by atoms with E-state index in [1.165, 1.54) is 16.1 Å². The van der Waals surface area contributed by atoms with Crippen LogP contribution < -0.4 is 11.1 Å². The molecule has 3 N–H and O–H groups in total. The molecule has 0 aliphatic carbocycles. The zero-order valence-corrected chi connectivity index (χ0v) is 12.9. The predicted octanol–water partition coefficient (Wildman–Crippen LogP) is 1.50. The number of pyridine rings is 1. The number of amides is 1. The third kappa shape index (κ3) is 2.54. The van der Waals surface area contributed by atoms with E-state index in [0.717, 1.165) is 4.70 Å². The van der Waals surface area contributed by atoms with Gasteiger partial charge in [-0.25, -0.2) is 15.0 Å². The largest absolute Gasteiger partial charge is 0.368 e. The molecule has 0 bridgehead atoms. The topological polar surface area (TPSA) is 124 Å². The van der Waals surface area contributed by atoms with E-state index >= 15 is 0 Å². The van der Waals surface area contributed by atoms with Gasteiger partial charge in [0.15, 0.2) is 5.82 Å². The first kappa shape index (κ1) is 14.2. The second-order valence-electron chi connectivity index (χ2n) is 4.74. The van der Waals surface area contributed by atoms with Gasteiger partial charge in [0, 0.05) is 5.38 Å². The number of aromatic nitrogens is 6. The second kappa shape index (κ2) is 5.66. The van der Waals surface area contributed by atoms with E-state index in [9.17, 15) is 4.79 Å². The van der Waals surface area contributed by atoms with Gasteiger partial charge in [0.1, 0.15) is 5.82 Å². The normalized spacial score (nSPS) is 10.8. The lowest BCUT2D eigenvalue weighted by atomic mass is 10.2. The summed E-state index contributed by atoms with van der Waals surface area (Å²) in [6.45, 7) is 0. The zero-order valence-electron chi connectivity index (χ0n) is 12.1. The van der Waals surface area contributed by atoms with E-state index in [0.29, 0.717) is 22.7 Å². The van der Waals surface area contributed by atoms with E-state index in [4.69, 9.17) is 5.73 Å². The molecule has 118 valence electrons. The minimum Gasteiger partial charge on any atom is -0.368 e. The van der Waals surface area contributed by atoms with Crippen LogP contribution in [0.15, 0.2) is 42.2 Å². The summed E-state index contributed by atoms with van der Waals surface area (Å²) in [5, 5.41) is 12.5. The number of nitrogen functional groups attached to an aromatic ring is 1. The second-order valence-corrected chi connectivity index (χ2v) is 5.66. The Hall–Kier alpha value is -3.40. The van der Waals surface area contributed by atoms with E-state index < -0.39 is 0 Å². The Morgan fingerprint density at radius 2 is 2.04 bits per heavy atom. The molecule has 10 heteroatoms. The molecule has 0 radical (unpaired) electrons. The number of nitrogens with zero attached hydrogens (tertiary/aromatic N) is 6. The first-order valence-corrected chi connectivity index (χ1v) is 7.73. The van der Waals surface area contributed by atoms with Crippen molar-refractivity contribution in [1.82, 2.24) is 29.9 Å². The minimum atomic E-state index is -0.322. The average Bonchev–Trinajstić information content (AvgIpc) is 3.24. The summed E-state index contributed by atoms with van der Waals surface area (Å²) in [4.78, 5) is 26.2. The van der Waals surface area contributed by atoms with Crippen LogP contribution in [0.5, 0.6) is 0 Å². The standard InChI is InChI=1S/C14H10N8OS/c15-14-16-6-9-12(21-14)8(7-24-9)13(23)20-10-2-1-3-11(19-10)22-17-4-5-18-22/h1-7H,(H2,15,16,21)(H,19,20,23). The molecule has 0 spiro atoms. The van der Waals surface area contributed by atoms with Crippen LogP contribution in [0.3, 0.4) is 0 Å². The van der Waals surface area contributed by atoms with Gasteiger partial charge >= 0.3 is 0 Å². The number of hydrogen-bond acceptors (Lipinski definition) is 8. The zero-order chi connectivity index (χ0) is 16.5. The van der Waals surface area contributed by atoms with E-state index in [-0.39, 0.29) is 11.9 Å². The van der Waals surface area contributed by atoms with Crippen molar-refractivity contribution in [2.24, 2.45) is 0 Å². The number of thiophene rings is 1. The van der Waals surface area contributed by atoms with Gasteiger partial charge in [-0.15, -0.1) is 16.1 Å². The van der Waals surface area contributed by atoms with E-state index in [1.807, 2.05) is 0 Å². The van der Waals surface area contributed by atoms with Crippen molar-refractivity contribution in [1.29, 1.82) is 0 Å². The SMILES string of the molecule is Nc1ncc2scc(C(=O)Nc3cccc(-n4nccn4)n3)c2n1. The van der Waals surface area contributed by atoms with Crippen molar-refractivity contribution >= 4 is 39.2 Å². The van der Waals surface area contributed by atoms with Crippen LogP contribution in [0.2, 0.25) is 0 Å². The molecule has 4 aromatic rings. The monoisotopic (exact) mass is 338 g/mol. The number of carbonyl (C=O) groups excluding carboxylic acids is 1. The Labute approximate surface area is 139 Å². The maximum absolute atomic E-state index is 12.5. The molecule has 4 aromatic heterocycles. The molecule has 0 saturated heterocycles. The highest BCUT2D eigenvalue weighted by Crippen LogP contribution is 2.24. The summed E-state index contributed by atoms with van der Waals surface area (Å²) in [5.41, 5.74) is 6.55. The first-order valence-electron chi connectivity index (χ1n) is 6.85. The Kier molecular flexibility index (Phi) is 3.35. The lowest BCUT2D eigenvalue weighted by Crippen LogP contribution is -2.14. The smallest absolute Gasteiger partial charge is 0.259 e. The molecule has 24 heavy (non-hydrogen) atoms. The number of carbonyl (C=O) groups is 1. The van der Waals surface area contributed by atoms with Crippen LogP contribution in [0.25, 0.3) is 16.0 Å². The average molecular weight is 338 g/mol. The summed E-state index contributed by atoms with van der Waals surface area (Å²) < 4.78 is 0.789. The number of hydrogen-bond donors (Lipinski definition) is 2. The van der Waals surface area contributed by atoms with Gasteiger partial charge in [-0.2, -0.15) is 10.2 Å². The minimum absolute atomic E-state index is 0.125. The van der Waals surface area contributed by atoms with Gasteiger partial charge in [0.25, 0.3) is 5.91 Å². The maximum atomic E-state index is 12.5. The van der Waals surface area contributed by atoms with Crippen molar-refractivity contribution < 1.29 is 4.79 Å². The van der Waals surface area contributed by atoms with Gasteiger partial charge < -0.3 is 11.1 Å². The molecule has 0 aromatic carbocycles. The van der Waals surface area contributed by atoms with Crippen LogP contribution in [-0.2, 0) is 0 Å². The van der Waals surface area contributed by atoms with Crippen molar-refractivity contribution in [2.75, 3.05) is 11.1 Å². The molecule has 0 aliphatic heterocycles. The van der Waals surface area contributed by atoms with Crippen LogP contribution in [-0.4, -0.2) is 35.9 Å². The predicted molar refractivity (Wildman–Crippen MR) is 88.9 cm³/mol. The van der Waals surface area contributed by atoms with Crippen LogP contribution in [0, 0.1) is 0 Å². The Morgan fingerprint density at radius 1 is 1.21 bits per heavy atom. The fraction of sp³-hybridized carbons (Fsp3) is 0. The summed E-state index contributed by atoms with van der Waals surface area (Å²) >= 11 is 1.38. The molecule has 1 amide bonds. The Balaban J connectivity index is 1.64. The van der Waals surface area contributed by atoms with Gasteiger partial charge in [-0.05, 0) is 12.1 Å². The third-order valence-electron chi connectivity index (χ3n) is 3.18. The molecule has 4 heterocycles. The number of fused-ring (bicyclic) bond motifs is 1. The summed E-state index contributed by atoms with van der Waals surface area (Å²) in [7, 11) is 0. The third-order valence-corrected chi connectivity index (χ3v) is 4.08.